The van der Waals surface area contributed by atoms with E-state index in [1.165, 1.54) is 0 Å². The van der Waals surface area contributed by atoms with E-state index in [9.17, 15) is 5.11 Å². The average Bonchev–Trinajstić information content (AvgIpc) is 4.03. The summed E-state index contributed by atoms with van der Waals surface area (Å²) in [6.45, 7) is 10.8. The molecule has 2 aliphatic heterocycles. The first kappa shape index (κ1) is 44.2. The van der Waals surface area contributed by atoms with E-state index < -0.39 is 11.7 Å². The van der Waals surface area contributed by atoms with Crippen molar-refractivity contribution in [2.45, 2.75) is 57.0 Å². The number of hydrogen-bond acceptors (Lipinski definition) is 8. The lowest BCUT2D eigenvalue weighted by Crippen LogP contribution is -2.26. The maximum Gasteiger partial charge on any atom is 0.148 e. The predicted octanol–water partition coefficient (Wildman–Crippen LogP) is 12.8. The summed E-state index contributed by atoms with van der Waals surface area (Å²) in [5, 5.41) is 10.9. The van der Waals surface area contributed by atoms with Gasteiger partial charge in [-0.2, -0.15) is 0 Å². The number of ether oxygens (including phenoxy) is 7. The molecule has 2 saturated heterocycles. The molecule has 0 spiro atoms. The summed E-state index contributed by atoms with van der Waals surface area (Å²) in [7, 11) is 0. The molecule has 6 rings (SSSR count). The van der Waals surface area contributed by atoms with Crippen molar-refractivity contribution in [3.63, 3.8) is 0 Å². The van der Waals surface area contributed by atoms with Crippen LogP contribution < -0.4 is 23.7 Å². The molecule has 4 aromatic rings. The highest BCUT2D eigenvalue weighted by molar-refractivity contribution is 9.12. The monoisotopic (exact) mass is 1260 g/mol. The normalized spacial score (nSPS) is 17.1. The molecular weight excluding hydrogens is 1240 g/mol. The molecule has 0 amide bonds. The van der Waals surface area contributed by atoms with Crippen LogP contribution >= 0.6 is 127 Å². The van der Waals surface area contributed by atoms with Crippen LogP contribution in [0.1, 0.15) is 44.4 Å². The van der Waals surface area contributed by atoms with Gasteiger partial charge in [0.05, 0.1) is 49.0 Å². The van der Waals surface area contributed by atoms with Crippen LogP contribution in [-0.2, 0) is 20.5 Å². The number of epoxide rings is 2. The number of aliphatic hydroxyl groups is 1. The quantitative estimate of drug-likeness (QED) is 0.105. The zero-order chi connectivity index (χ0) is 39.8. The summed E-state index contributed by atoms with van der Waals surface area (Å²) in [6.07, 6.45) is -0.607. The fourth-order valence-corrected chi connectivity index (χ4v) is 11.1. The first-order valence-corrected chi connectivity index (χ1v) is 23.4. The summed E-state index contributed by atoms with van der Waals surface area (Å²) in [5.41, 5.74) is 1.99. The van der Waals surface area contributed by atoms with Gasteiger partial charge < -0.3 is 38.3 Å². The predicted molar refractivity (Wildman–Crippen MR) is 241 cm³/mol. The number of benzene rings is 4. The topological polar surface area (TPSA) is 91.4 Å². The highest BCUT2D eigenvalue weighted by atomic mass is 79.9. The lowest BCUT2D eigenvalue weighted by Gasteiger charge is -2.29. The molecule has 8 nitrogen and oxygen atoms in total. The fourth-order valence-electron chi connectivity index (χ4n) is 5.50. The summed E-state index contributed by atoms with van der Waals surface area (Å²) in [5.74, 6) is 3.19. The van der Waals surface area contributed by atoms with Gasteiger partial charge in [0.1, 0.15) is 79.1 Å². The van der Waals surface area contributed by atoms with Crippen molar-refractivity contribution in [2.75, 3.05) is 39.6 Å². The molecule has 0 aromatic heterocycles. The average molecular weight is 1270 g/mol. The van der Waals surface area contributed by atoms with Crippen molar-refractivity contribution in [3.05, 3.63) is 101 Å². The van der Waals surface area contributed by atoms with Crippen LogP contribution in [0.15, 0.2) is 84.3 Å². The molecule has 296 valence electrons. The molecule has 1 N–H and O–H groups in total. The Labute approximate surface area is 388 Å². The minimum Gasteiger partial charge on any atom is -0.488 e. The van der Waals surface area contributed by atoms with Gasteiger partial charge in [0.2, 0.25) is 0 Å². The SMILES string of the molecule is CC(C)(Oc1cc(Br)c(OCC(O)COc2c(Br)cc(C(C)(C)c3cc(Br)c(OCC4CO4)c(Br)c3)cc2Br)c(Br)c1)c1cc(Br)c(OCC2CO2)c(Br)c1. The van der Waals surface area contributed by atoms with Crippen LogP contribution in [0, 0.1) is 0 Å². The molecule has 4 aromatic carbocycles. The van der Waals surface area contributed by atoms with E-state index in [2.05, 4.69) is 153 Å². The second-order valence-electron chi connectivity index (χ2n) is 14.1. The third-order valence-corrected chi connectivity index (χ3v) is 13.7. The molecule has 0 aliphatic carbocycles. The van der Waals surface area contributed by atoms with E-state index in [0.717, 1.165) is 68.2 Å². The van der Waals surface area contributed by atoms with E-state index in [-0.39, 0.29) is 30.8 Å². The molecule has 3 unspecified atom stereocenters. The van der Waals surface area contributed by atoms with Crippen molar-refractivity contribution in [1.82, 2.24) is 0 Å². The van der Waals surface area contributed by atoms with Gasteiger partial charge in [-0.25, -0.2) is 0 Å². The number of halogens is 8. The Bertz CT molecular complexity index is 1960. The van der Waals surface area contributed by atoms with Gasteiger partial charge in [-0.3, -0.25) is 0 Å². The Kier molecular flexibility index (Phi) is 14.8. The van der Waals surface area contributed by atoms with Crippen molar-refractivity contribution < 1.29 is 38.3 Å². The molecule has 2 heterocycles. The van der Waals surface area contributed by atoms with Gasteiger partial charge in [0, 0.05) is 5.41 Å². The van der Waals surface area contributed by atoms with Gasteiger partial charge in [0.15, 0.2) is 0 Å². The summed E-state index contributed by atoms with van der Waals surface area (Å²) >= 11 is 29.3. The Morgan fingerprint density at radius 3 is 1.20 bits per heavy atom. The van der Waals surface area contributed by atoms with Crippen LogP contribution in [0.5, 0.6) is 28.7 Å². The van der Waals surface area contributed by atoms with Gasteiger partial charge in [-0.15, -0.1) is 0 Å². The van der Waals surface area contributed by atoms with E-state index in [1.807, 2.05) is 50.2 Å². The van der Waals surface area contributed by atoms with Crippen molar-refractivity contribution in [3.8, 4) is 28.7 Å². The lowest BCUT2D eigenvalue weighted by atomic mass is 9.78. The van der Waals surface area contributed by atoms with E-state index >= 15 is 0 Å². The Morgan fingerprint density at radius 1 is 0.545 bits per heavy atom. The van der Waals surface area contributed by atoms with Crippen LogP contribution in [0.25, 0.3) is 0 Å². The van der Waals surface area contributed by atoms with Crippen molar-refractivity contribution in [2.24, 2.45) is 0 Å². The van der Waals surface area contributed by atoms with Gasteiger partial charge in [0.25, 0.3) is 0 Å². The largest absolute Gasteiger partial charge is 0.488 e. The van der Waals surface area contributed by atoms with E-state index in [4.69, 9.17) is 33.2 Å². The maximum atomic E-state index is 10.9. The minimum absolute atomic E-state index is 0.00111. The van der Waals surface area contributed by atoms with Crippen LogP contribution in [0.4, 0.5) is 0 Å². The standard InChI is InChI=1S/C39H36Br8O8/c1-38(2,20-7-28(42)35(29(43)8-20)53-17-24-15-49-24)19-5-26(40)34(27(41)6-19)51-13-22(48)14-52-37-32(46)11-23(12-33(37)47)55-39(3,4)21-9-30(44)36(31(45)10-21)54-18-25-16-50-25/h5-12,22,24-25,48H,13-18H2,1-4H3. The Balaban J connectivity index is 1.05. The highest BCUT2D eigenvalue weighted by Gasteiger charge is 2.30. The smallest absolute Gasteiger partial charge is 0.148 e. The van der Waals surface area contributed by atoms with E-state index in [0.29, 0.717) is 39.4 Å². The molecule has 55 heavy (non-hydrogen) atoms. The molecule has 3 atom stereocenters. The zero-order valence-corrected chi connectivity index (χ0v) is 42.6. The second kappa shape index (κ2) is 18.5. The lowest BCUT2D eigenvalue weighted by molar-refractivity contribution is 0.0614. The summed E-state index contributed by atoms with van der Waals surface area (Å²) in [4.78, 5) is 0. The fraction of sp³-hybridized carbons (Fsp3) is 0.385. The Hall–Kier alpha value is -0.400. The van der Waals surface area contributed by atoms with Gasteiger partial charge in [-0.05, 0) is 207 Å². The molecule has 16 heteroatoms. The molecule has 2 fully saturated rings. The van der Waals surface area contributed by atoms with Crippen LogP contribution in [0.2, 0.25) is 0 Å². The first-order valence-electron chi connectivity index (χ1n) is 17.0. The molecule has 0 bridgehead atoms. The highest BCUT2D eigenvalue weighted by Crippen LogP contribution is 2.45. The number of aliphatic hydroxyl groups excluding tert-OH is 1. The molecule has 2 aliphatic rings. The van der Waals surface area contributed by atoms with Crippen LogP contribution in [0.3, 0.4) is 0 Å². The van der Waals surface area contributed by atoms with Gasteiger partial charge >= 0.3 is 0 Å². The number of rotatable bonds is 17. The zero-order valence-electron chi connectivity index (χ0n) is 29.9. The van der Waals surface area contributed by atoms with Crippen LogP contribution in [-0.4, -0.2) is 63.1 Å². The maximum absolute atomic E-state index is 10.9. The molecule has 0 radical (unpaired) electrons. The second-order valence-corrected chi connectivity index (χ2v) is 20.9. The number of hydrogen-bond donors (Lipinski definition) is 1. The molecular formula is C39H36Br8O8. The van der Waals surface area contributed by atoms with Crippen molar-refractivity contribution >= 4 is 127 Å². The van der Waals surface area contributed by atoms with Crippen molar-refractivity contribution in [1.29, 1.82) is 0 Å². The first-order chi connectivity index (χ1) is 25.9. The third-order valence-electron chi connectivity index (χ3n) is 8.95. The molecule has 0 saturated carbocycles. The Morgan fingerprint density at radius 2 is 0.855 bits per heavy atom. The summed E-state index contributed by atoms with van der Waals surface area (Å²) < 4.78 is 47.2. The summed E-state index contributed by atoms with van der Waals surface area (Å²) in [6, 6.07) is 15.9. The van der Waals surface area contributed by atoms with Gasteiger partial charge in [-0.1, -0.05) is 13.8 Å². The van der Waals surface area contributed by atoms with E-state index in [1.54, 1.807) is 0 Å². The third kappa shape index (κ3) is 11.3. The minimum atomic E-state index is -0.925.